The number of hydrogen-bond donors (Lipinski definition) is 2. The molecule has 0 radical (unpaired) electrons. The second-order valence-electron chi connectivity index (χ2n) is 5.06. The molecular weight excluding hydrogens is 258 g/mol. The quantitative estimate of drug-likeness (QED) is 0.802. The van der Waals surface area contributed by atoms with Gasteiger partial charge in [-0.1, -0.05) is 26.0 Å². The third-order valence-corrected chi connectivity index (χ3v) is 2.91. The van der Waals surface area contributed by atoms with Gasteiger partial charge in [-0.15, -0.1) is 5.10 Å². The zero-order chi connectivity index (χ0) is 14.7. The van der Waals surface area contributed by atoms with Crippen molar-refractivity contribution in [2.24, 2.45) is 5.92 Å². The van der Waals surface area contributed by atoms with Gasteiger partial charge < -0.3 is 10.8 Å². The molecule has 20 heavy (non-hydrogen) atoms. The Hall–Kier alpha value is -2.44. The molecule has 2 aromatic rings. The Kier molecular flexibility index (Phi) is 3.97. The van der Waals surface area contributed by atoms with Crippen LogP contribution < -0.4 is 5.73 Å². The van der Waals surface area contributed by atoms with Gasteiger partial charge in [0.05, 0.1) is 0 Å². The second-order valence-corrected chi connectivity index (χ2v) is 5.06. The summed E-state index contributed by atoms with van der Waals surface area (Å²) in [5.41, 5.74) is 7.01. The summed E-state index contributed by atoms with van der Waals surface area (Å²) in [6.45, 7) is 3.92. The predicted molar refractivity (Wildman–Crippen MR) is 73.8 cm³/mol. The first-order chi connectivity index (χ1) is 9.49. The van der Waals surface area contributed by atoms with Crippen molar-refractivity contribution in [1.82, 2.24) is 20.2 Å². The Morgan fingerprint density at radius 3 is 2.80 bits per heavy atom. The third-order valence-electron chi connectivity index (χ3n) is 2.91. The minimum atomic E-state index is -0.948. The molecule has 0 aliphatic heterocycles. The Morgan fingerprint density at radius 2 is 2.20 bits per heavy atom. The van der Waals surface area contributed by atoms with E-state index >= 15 is 0 Å². The van der Waals surface area contributed by atoms with E-state index in [9.17, 15) is 9.90 Å². The number of benzene rings is 1. The smallest absolute Gasteiger partial charge is 0.328 e. The molecule has 1 aromatic heterocycles. The molecule has 3 N–H and O–H groups in total. The zero-order valence-corrected chi connectivity index (χ0v) is 11.4. The molecule has 0 spiro atoms. The molecule has 0 bridgehead atoms. The fourth-order valence-electron chi connectivity index (χ4n) is 2.02. The van der Waals surface area contributed by atoms with Gasteiger partial charge in [-0.3, -0.25) is 0 Å². The summed E-state index contributed by atoms with van der Waals surface area (Å²) < 4.78 is 1.34. The van der Waals surface area contributed by atoms with Gasteiger partial charge in [0.1, 0.15) is 0 Å². The van der Waals surface area contributed by atoms with Gasteiger partial charge in [0.15, 0.2) is 11.9 Å². The van der Waals surface area contributed by atoms with Crippen molar-refractivity contribution in [3.8, 4) is 11.4 Å². The summed E-state index contributed by atoms with van der Waals surface area (Å²) in [4.78, 5) is 11.4. The first-order valence-electron chi connectivity index (χ1n) is 6.35. The molecule has 7 nitrogen and oxygen atoms in total. The van der Waals surface area contributed by atoms with Crippen LogP contribution in [0.15, 0.2) is 24.3 Å². The van der Waals surface area contributed by atoms with Crippen molar-refractivity contribution in [3.05, 3.63) is 24.3 Å². The Labute approximate surface area is 116 Å². The van der Waals surface area contributed by atoms with E-state index in [-0.39, 0.29) is 5.92 Å². The number of carbonyl (C=O) groups is 1. The van der Waals surface area contributed by atoms with E-state index in [0.29, 0.717) is 23.5 Å². The highest BCUT2D eigenvalue weighted by Crippen LogP contribution is 2.24. The van der Waals surface area contributed by atoms with Gasteiger partial charge in [-0.05, 0) is 34.9 Å². The van der Waals surface area contributed by atoms with Crippen LogP contribution in [-0.2, 0) is 4.79 Å². The number of anilines is 1. The van der Waals surface area contributed by atoms with Crippen LogP contribution in [0, 0.1) is 5.92 Å². The number of carboxylic acids is 1. The number of nitrogens with two attached hydrogens (primary N) is 1. The van der Waals surface area contributed by atoms with Crippen LogP contribution in [-0.4, -0.2) is 31.3 Å². The largest absolute Gasteiger partial charge is 0.480 e. The van der Waals surface area contributed by atoms with Crippen molar-refractivity contribution in [2.45, 2.75) is 26.3 Å². The number of hydrogen-bond acceptors (Lipinski definition) is 5. The van der Waals surface area contributed by atoms with Crippen LogP contribution in [0.25, 0.3) is 11.4 Å². The molecule has 1 heterocycles. The molecule has 1 unspecified atom stereocenters. The van der Waals surface area contributed by atoms with Crippen molar-refractivity contribution in [3.63, 3.8) is 0 Å². The second kappa shape index (κ2) is 5.68. The number of nitrogens with zero attached hydrogens (tertiary/aromatic N) is 4. The van der Waals surface area contributed by atoms with Crippen LogP contribution in [0.4, 0.5) is 5.69 Å². The summed E-state index contributed by atoms with van der Waals surface area (Å²) in [6.07, 6.45) is 0.454. The van der Waals surface area contributed by atoms with Gasteiger partial charge in [-0.25, -0.2) is 9.48 Å². The minimum Gasteiger partial charge on any atom is -0.480 e. The lowest BCUT2D eigenvalue weighted by Crippen LogP contribution is -2.23. The fraction of sp³-hybridized carbons (Fsp3) is 0.385. The van der Waals surface area contributed by atoms with Gasteiger partial charge in [0.25, 0.3) is 0 Å². The molecule has 1 atom stereocenters. The van der Waals surface area contributed by atoms with Crippen LogP contribution in [0.5, 0.6) is 0 Å². The maximum Gasteiger partial charge on any atom is 0.328 e. The highest BCUT2D eigenvalue weighted by Gasteiger charge is 2.25. The zero-order valence-electron chi connectivity index (χ0n) is 11.4. The number of aliphatic carboxylic acids is 1. The van der Waals surface area contributed by atoms with E-state index in [2.05, 4.69) is 15.5 Å². The van der Waals surface area contributed by atoms with E-state index in [4.69, 9.17) is 5.73 Å². The molecule has 0 aliphatic carbocycles. The predicted octanol–water partition coefficient (Wildman–Crippen LogP) is 1.59. The van der Waals surface area contributed by atoms with Gasteiger partial charge in [0.2, 0.25) is 0 Å². The molecule has 0 saturated carbocycles. The molecular formula is C13H17N5O2. The highest BCUT2D eigenvalue weighted by molar-refractivity contribution is 5.73. The Morgan fingerprint density at radius 1 is 1.45 bits per heavy atom. The van der Waals surface area contributed by atoms with Crippen molar-refractivity contribution < 1.29 is 9.90 Å². The minimum absolute atomic E-state index is 0.217. The maximum absolute atomic E-state index is 11.4. The molecule has 0 fully saturated rings. The number of rotatable bonds is 5. The van der Waals surface area contributed by atoms with Gasteiger partial charge in [0, 0.05) is 11.3 Å². The number of tetrazole rings is 1. The van der Waals surface area contributed by atoms with Crippen LogP contribution in [0.2, 0.25) is 0 Å². The van der Waals surface area contributed by atoms with E-state index in [1.807, 2.05) is 13.8 Å². The van der Waals surface area contributed by atoms with Crippen LogP contribution in [0.3, 0.4) is 0 Å². The molecule has 106 valence electrons. The number of aromatic nitrogens is 4. The van der Waals surface area contributed by atoms with Crippen LogP contribution in [0.1, 0.15) is 26.3 Å². The summed E-state index contributed by atoms with van der Waals surface area (Å²) in [5, 5.41) is 20.7. The van der Waals surface area contributed by atoms with E-state index in [1.54, 1.807) is 24.3 Å². The normalized spacial score (nSPS) is 12.6. The summed E-state index contributed by atoms with van der Waals surface area (Å²) in [6, 6.07) is 6.26. The summed E-state index contributed by atoms with van der Waals surface area (Å²) >= 11 is 0. The van der Waals surface area contributed by atoms with Gasteiger partial charge in [-0.2, -0.15) is 0 Å². The summed E-state index contributed by atoms with van der Waals surface area (Å²) in [5.74, 6) is -0.324. The topological polar surface area (TPSA) is 107 Å². The lowest BCUT2D eigenvalue weighted by Gasteiger charge is -2.16. The standard InChI is InChI=1S/C13H17N5O2/c1-8(2)6-11(13(19)20)18-12(15-16-17-18)9-4-3-5-10(14)7-9/h3-5,7-8,11H,6,14H2,1-2H3,(H,19,20). The van der Waals surface area contributed by atoms with Gasteiger partial charge >= 0.3 is 5.97 Å². The van der Waals surface area contributed by atoms with Crippen LogP contribution >= 0.6 is 0 Å². The lowest BCUT2D eigenvalue weighted by atomic mass is 10.0. The van der Waals surface area contributed by atoms with E-state index in [0.717, 1.165) is 0 Å². The average molecular weight is 275 g/mol. The Bertz CT molecular complexity index is 608. The lowest BCUT2D eigenvalue weighted by molar-refractivity contribution is -0.141. The molecule has 0 aliphatic rings. The number of carboxylic acid groups (broad SMARTS) is 1. The molecule has 2 rings (SSSR count). The third kappa shape index (κ3) is 2.93. The van der Waals surface area contributed by atoms with Crippen molar-refractivity contribution in [2.75, 3.05) is 5.73 Å². The number of nitrogen functional groups attached to an aromatic ring is 1. The fourth-order valence-corrected chi connectivity index (χ4v) is 2.02. The SMILES string of the molecule is CC(C)CC(C(=O)O)n1nnnc1-c1cccc(N)c1. The molecule has 7 heteroatoms. The van der Waals surface area contributed by atoms with Crippen molar-refractivity contribution >= 4 is 11.7 Å². The first kappa shape index (κ1) is 14.0. The molecule has 1 aromatic carbocycles. The van der Waals surface area contributed by atoms with E-state index < -0.39 is 12.0 Å². The van der Waals surface area contributed by atoms with E-state index in [1.165, 1.54) is 4.68 Å². The first-order valence-corrected chi connectivity index (χ1v) is 6.35. The summed E-state index contributed by atoms with van der Waals surface area (Å²) in [7, 11) is 0. The Balaban J connectivity index is 2.43. The molecule has 0 saturated heterocycles. The monoisotopic (exact) mass is 275 g/mol. The average Bonchev–Trinajstić information content (AvgIpc) is 2.84. The van der Waals surface area contributed by atoms with Crippen molar-refractivity contribution in [1.29, 1.82) is 0 Å². The maximum atomic E-state index is 11.4. The highest BCUT2D eigenvalue weighted by atomic mass is 16.4. The molecule has 0 amide bonds.